The minimum atomic E-state index is 0.0846. The second kappa shape index (κ2) is 14.9. The molecule has 0 amide bonds. The standard InChI is InChI=1S/C53H40N2O.C2H6/c1-35-45-25-14-15-27-47(45)50-49-46-26-13-12-20-40(46)34-48(54(41-21-4-2-5-22-41)43-30-28-36-16-8-10-18-38(36)32-43)52(49)56-53(50)51(35)55(42-23-6-3-7-24-42)44-31-29-37-17-9-11-19-39(37)33-44;1-2/h2-14,16-26,28-31,33-34,43H,15,27,32H2,1H3;1-2H3. The maximum Gasteiger partial charge on any atom is 0.160 e. The van der Waals surface area contributed by atoms with E-state index in [1.54, 1.807) is 0 Å². The van der Waals surface area contributed by atoms with E-state index >= 15 is 0 Å². The van der Waals surface area contributed by atoms with Gasteiger partial charge in [0.1, 0.15) is 0 Å². The van der Waals surface area contributed by atoms with Crippen molar-refractivity contribution in [1.29, 1.82) is 0 Å². The van der Waals surface area contributed by atoms with Crippen LogP contribution in [0.15, 0.2) is 174 Å². The maximum absolute atomic E-state index is 7.61. The van der Waals surface area contributed by atoms with E-state index in [1.165, 1.54) is 60.1 Å². The Bertz CT molecular complexity index is 3030. The molecular weight excluding hydrogens is 705 g/mol. The van der Waals surface area contributed by atoms with Crippen molar-refractivity contribution in [2.45, 2.75) is 46.1 Å². The zero-order valence-electron chi connectivity index (χ0n) is 33.3. The van der Waals surface area contributed by atoms with Gasteiger partial charge in [-0.2, -0.15) is 0 Å². The van der Waals surface area contributed by atoms with Gasteiger partial charge in [0.25, 0.3) is 0 Å². The first-order chi connectivity index (χ1) is 28.7. The molecule has 1 heterocycles. The topological polar surface area (TPSA) is 19.6 Å². The van der Waals surface area contributed by atoms with Crippen molar-refractivity contribution in [3.05, 3.63) is 198 Å². The Hall–Kier alpha value is -6.84. The lowest BCUT2D eigenvalue weighted by Crippen LogP contribution is -2.33. The van der Waals surface area contributed by atoms with E-state index in [0.29, 0.717) is 0 Å². The minimum Gasteiger partial charge on any atom is -0.452 e. The number of furan rings is 1. The summed E-state index contributed by atoms with van der Waals surface area (Å²) < 4.78 is 7.61. The lowest BCUT2D eigenvalue weighted by molar-refractivity contribution is 0.663. The molecule has 0 spiro atoms. The summed E-state index contributed by atoms with van der Waals surface area (Å²) in [5.41, 5.74) is 13.9. The van der Waals surface area contributed by atoms with Gasteiger partial charge in [-0.1, -0.05) is 153 Å². The first-order valence-electron chi connectivity index (χ1n) is 20.8. The highest BCUT2D eigenvalue weighted by molar-refractivity contribution is 6.26. The lowest BCUT2D eigenvalue weighted by Gasteiger charge is -2.34. The molecule has 9 aromatic rings. The zero-order valence-corrected chi connectivity index (χ0v) is 33.3. The van der Waals surface area contributed by atoms with Gasteiger partial charge < -0.3 is 14.2 Å². The highest BCUT2D eigenvalue weighted by Gasteiger charge is 2.32. The first-order valence-corrected chi connectivity index (χ1v) is 20.8. The third-order valence-corrected chi connectivity index (χ3v) is 11.9. The van der Waals surface area contributed by atoms with Crippen LogP contribution >= 0.6 is 0 Å². The molecule has 282 valence electrons. The van der Waals surface area contributed by atoms with Gasteiger partial charge in [0.2, 0.25) is 0 Å². The van der Waals surface area contributed by atoms with Crippen LogP contribution in [0.5, 0.6) is 0 Å². The second-order valence-corrected chi connectivity index (χ2v) is 15.2. The molecule has 2 aliphatic carbocycles. The van der Waals surface area contributed by atoms with Gasteiger partial charge in [0.15, 0.2) is 11.2 Å². The second-order valence-electron chi connectivity index (χ2n) is 15.2. The fraction of sp³-hybridized carbons (Fsp3) is 0.127. The number of nitrogens with zero attached hydrogens (tertiary/aromatic N) is 2. The number of fused-ring (bicyclic) bond motifs is 9. The number of anilines is 5. The Morgan fingerprint density at radius 2 is 1.28 bits per heavy atom. The molecule has 8 aromatic carbocycles. The van der Waals surface area contributed by atoms with E-state index in [1.807, 2.05) is 13.8 Å². The number of hydrogen-bond donors (Lipinski definition) is 0. The predicted octanol–water partition coefficient (Wildman–Crippen LogP) is 15.4. The summed E-state index contributed by atoms with van der Waals surface area (Å²) >= 11 is 0. The van der Waals surface area contributed by atoms with Crippen LogP contribution in [0.25, 0.3) is 55.6 Å². The van der Waals surface area contributed by atoms with Gasteiger partial charge in [-0.05, 0) is 118 Å². The Kier molecular flexibility index (Phi) is 9.14. The van der Waals surface area contributed by atoms with Crippen molar-refractivity contribution in [3.63, 3.8) is 0 Å². The molecular formula is C55H46N2O. The minimum absolute atomic E-state index is 0.0846. The Morgan fingerprint density at radius 3 is 2.09 bits per heavy atom. The zero-order chi connectivity index (χ0) is 39.2. The molecule has 1 aromatic heterocycles. The van der Waals surface area contributed by atoms with E-state index < -0.39 is 0 Å². The van der Waals surface area contributed by atoms with Crippen molar-refractivity contribution in [2.75, 3.05) is 9.80 Å². The fourth-order valence-electron chi connectivity index (χ4n) is 9.37. The van der Waals surface area contributed by atoms with Gasteiger partial charge in [0, 0.05) is 27.8 Å². The molecule has 0 saturated carbocycles. The van der Waals surface area contributed by atoms with Gasteiger partial charge >= 0.3 is 0 Å². The Labute approximate surface area is 340 Å². The van der Waals surface area contributed by atoms with Crippen molar-refractivity contribution in [2.24, 2.45) is 0 Å². The van der Waals surface area contributed by atoms with Crippen LogP contribution in [-0.2, 0) is 12.8 Å². The van der Waals surface area contributed by atoms with Crippen molar-refractivity contribution in [3.8, 4) is 0 Å². The van der Waals surface area contributed by atoms with Crippen LogP contribution < -0.4 is 9.80 Å². The van der Waals surface area contributed by atoms with Gasteiger partial charge in [0.05, 0.1) is 17.4 Å². The third kappa shape index (κ3) is 5.89. The van der Waals surface area contributed by atoms with E-state index in [9.17, 15) is 0 Å². The normalized spacial score (nSPS) is 14.3. The SMILES string of the molecule is CC.Cc1c2c(c3c(oc4c(N(c5ccccc5)C5C=Cc6ccccc6C5)cc5ccccc5c43)c1N(c1ccccc1)c1ccc3ccccc3c1)CCC=C2. The Balaban J connectivity index is 0.00000201. The summed E-state index contributed by atoms with van der Waals surface area (Å²) in [5, 5.41) is 7.25. The largest absolute Gasteiger partial charge is 0.452 e. The van der Waals surface area contributed by atoms with E-state index in [0.717, 1.165) is 58.9 Å². The van der Waals surface area contributed by atoms with Gasteiger partial charge in [-0.15, -0.1) is 0 Å². The summed E-state index contributed by atoms with van der Waals surface area (Å²) in [5.74, 6) is 0. The van der Waals surface area contributed by atoms with Gasteiger partial charge in [-0.25, -0.2) is 0 Å². The molecule has 0 saturated heterocycles. The fourth-order valence-corrected chi connectivity index (χ4v) is 9.37. The molecule has 0 aliphatic heterocycles. The van der Waals surface area contributed by atoms with Crippen LogP contribution in [0.4, 0.5) is 28.4 Å². The first kappa shape index (κ1) is 35.6. The molecule has 0 bridgehead atoms. The van der Waals surface area contributed by atoms with Gasteiger partial charge in [-0.3, -0.25) is 0 Å². The van der Waals surface area contributed by atoms with Crippen LogP contribution in [0.2, 0.25) is 0 Å². The average Bonchev–Trinajstić information content (AvgIpc) is 3.70. The molecule has 0 fully saturated rings. The summed E-state index contributed by atoms with van der Waals surface area (Å²) in [6.07, 6.45) is 12.2. The highest BCUT2D eigenvalue weighted by Crippen LogP contribution is 2.52. The molecule has 0 N–H and O–H groups in total. The molecule has 1 unspecified atom stereocenters. The molecule has 3 nitrogen and oxygen atoms in total. The number of para-hydroxylation sites is 2. The highest BCUT2D eigenvalue weighted by atomic mass is 16.3. The van der Waals surface area contributed by atoms with E-state index in [-0.39, 0.29) is 6.04 Å². The molecule has 2 aliphatic rings. The Morgan fingerprint density at radius 1 is 0.586 bits per heavy atom. The van der Waals surface area contributed by atoms with Crippen LogP contribution in [0, 0.1) is 6.92 Å². The summed E-state index contributed by atoms with van der Waals surface area (Å²) in [4.78, 5) is 4.94. The lowest BCUT2D eigenvalue weighted by atomic mass is 9.87. The van der Waals surface area contributed by atoms with Crippen molar-refractivity contribution in [1.82, 2.24) is 0 Å². The third-order valence-electron chi connectivity index (χ3n) is 11.9. The van der Waals surface area contributed by atoms with Crippen LogP contribution in [-0.4, -0.2) is 6.04 Å². The van der Waals surface area contributed by atoms with Crippen molar-refractivity contribution >= 4 is 84.1 Å². The monoisotopic (exact) mass is 750 g/mol. The van der Waals surface area contributed by atoms with Crippen LogP contribution in [0.3, 0.4) is 0 Å². The predicted molar refractivity (Wildman–Crippen MR) is 248 cm³/mol. The van der Waals surface area contributed by atoms with E-state index in [4.69, 9.17) is 4.42 Å². The molecule has 11 rings (SSSR count). The molecule has 1 atom stereocenters. The number of rotatable bonds is 6. The number of allylic oxidation sites excluding steroid dienone is 1. The molecule has 0 radical (unpaired) electrons. The maximum atomic E-state index is 7.61. The summed E-state index contributed by atoms with van der Waals surface area (Å²) in [6.45, 7) is 6.28. The molecule has 58 heavy (non-hydrogen) atoms. The van der Waals surface area contributed by atoms with E-state index in [2.05, 4.69) is 199 Å². The number of benzene rings is 8. The smallest absolute Gasteiger partial charge is 0.160 e. The number of hydrogen-bond acceptors (Lipinski definition) is 3. The summed E-state index contributed by atoms with van der Waals surface area (Å²) in [6, 6.07) is 57.2. The van der Waals surface area contributed by atoms with Crippen molar-refractivity contribution < 1.29 is 4.42 Å². The van der Waals surface area contributed by atoms with Crippen LogP contribution in [0.1, 0.15) is 48.1 Å². The average molecular weight is 751 g/mol. The number of aryl methyl sites for hydroxylation is 1. The molecule has 3 heteroatoms. The summed E-state index contributed by atoms with van der Waals surface area (Å²) in [7, 11) is 0. The quantitative estimate of drug-likeness (QED) is 0.169.